The van der Waals surface area contributed by atoms with E-state index in [9.17, 15) is 14.3 Å². The van der Waals surface area contributed by atoms with Crippen LogP contribution in [0.25, 0.3) is 0 Å². The molecule has 3 nitrogen and oxygen atoms in total. The standard InChI is InChI=1S/C13H15FO3/c1-12(2,11(15)16)13(7-17-8-13)9-4-3-5-10(14)6-9/h3-6H,7-8H2,1-2H3,(H,15,16). The van der Waals surface area contributed by atoms with Gasteiger partial charge in [0.25, 0.3) is 0 Å². The first kappa shape index (κ1) is 12.0. The molecule has 1 fully saturated rings. The van der Waals surface area contributed by atoms with E-state index in [1.54, 1.807) is 26.0 Å². The molecule has 0 bridgehead atoms. The van der Waals surface area contributed by atoms with E-state index >= 15 is 0 Å². The van der Waals surface area contributed by atoms with Gasteiger partial charge in [-0.3, -0.25) is 4.79 Å². The first-order chi connectivity index (χ1) is 7.90. The van der Waals surface area contributed by atoms with Gasteiger partial charge in [0, 0.05) is 0 Å². The Balaban J connectivity index is 2.49. The van der Waals surface area contributed by atoms with Crippen molar-refractivity contribution in [1.29, 1.82) is 0 Å². The molecule has 2 rings (SSSR count). The number of hydrogen-bond acceptors (Lipinski definition) is 2. The van der Waals surface area contributed by atoms with Crippen molar-refractivity contribution in [2.75, 3.05) is 13.2 Å². The average Bonchev–Trinajstić information content (AvgIpc) is 2.15. The van der Waals surface area contributed by atoms with Crippen molar-refractivity contribution in [2.24, 2.45) is 5.41 Å². The maximum absolute atomic E-state index is 13.3. The number of rotatable bonds is 3. The molecule has 1 saturated heterocycles. The summed E-state index contributed by atoms with van der Waals surface area (Å²) in [4.78, 5) is 11.4. The van der Waals surface area contributed by atoms with E-state index in [1.165, 1.54) is 12.1 Å². The lowest BCUT2D eigenvalue weighted by Gasteiger charge is -2.50. The molecule has 0 radical (unpaired) electrons. The van der Waals surface area contributed by atoms with Crippen LogP contribution in [0.4, 0.5) is 4.39 Å². The number of hydrogen-bond donors (Lipinski definition) is 1. The van der Waals surface area contributed by atoms with Gasteiger partial charge in [-0.15, -0.1) is 0 Å². The van der Waals surface area contributed by atoms with Crippen LogP contribution in [0.15, 0.2) is 24.3 Å². The number of carboxylic acids is 1. The summed E-state index contributed by atoms with van der Waals surface area (Å²) in [7, 11) is 0. The first-order valence-electron chi connectivity index (χ1n) is 5.47. The third-order valence-electron chi connectivity index (χ3n) is 3.81. The zero-order valence-corrected chi connectivity index (χ0v) is 9.87. The topological polar surface area (TPSA) is 46.5 Å². The Morgan fingerprint density at radius 1 is 1.47 bits per heavy atom. The quantitative estimate of drug-likeness (QED) is 0.878. The van der Waals surface area contributed by atoms with Crippen LogP contribution in [-0.2, 0) is 14.9 Å². The monoisotopic (exact) mass is 238 g/mol. The number of benzene rings is 1. The van der Waals surface area contributed by atoms with Crippen LogP contribution < -0.4 is 0 Å². The molecular formula is C13H15FO3. The van der Waals surface area contributed by atoms with Crippen LogP contribution in [-0.4, -0.2) is 24.3 Å². The molecule has 0 unspecified atom stereocenters. The lowest BCUT2D eigenvalue weighted by molar-refractivity contribution is -0.171. The van der Waals surface area contributed by atoms with Crippen LogP contribution >= 0.6 is 0 Å². The number of aliphatic carboxylic acids is 1. The maximum Gasteiger partial charge on any atom is 0.310 e. The van der Waals surface area contributed by atoms with E-state index in [2.05, 4.69) is 0 Å². The molecular weight excluding hydrogens is 223 g/mol. The Hall–Kier alpha value is -1.42. The van der Waals surface area contributed by atoms with Crippen molar-refractivity contribution < 1.29 is 19.0 Å². The van der Waals surface area contributed by atoms with Gasteiger partial charge < -0.3 is 9.84 Å². The van der Waals surface area contributed by atoms with Crippen molar-refractivity contribution in [3.8, 4) is 0 Å². The highest BCUT2D eigenvalue weighted by Crippen LogP contribution is 2.47. The highest BCUT2D eigenvalue weighted by atomic mass is 19.1. The highest BCUT2D eigenvalue weighted by Gasteiger charge is 2.56. The van der Waals surface area contributed by atoms with E-state index in [0.29, 0.717) is 18.8 Å². The molecule has 1 aliphatic rings. The Bertz CT molecular complexity index is 450. The zero-order chi connectivity index (χ0) is 12.7. The second-order valence-corrected chi connectivity index (χ2v) is 5.02. The average molecular weight is 238 g/mol. The Kier molecular flexibility index (Phi) is 2.70. The van der Waals surface area contributed by atoms with E-state index in [4.69, 9.17) is 4.74 Å². The fraction of sp³-hybridized carbons (Fsp3) is 0.462. The summed E-state index contributed by atoms with van der Waals surface area (Å²) in [6, 6.07) is 6.11. The van der Waals surface area contributed by atoms with Gasteiger partial charge in [-0.2, -0.15) is 0 Å². The molecule has 0 saturated carbocycles. The van der Waals surface area contributed by atoms with Crippen molar-refractivity contribution in [3.05, 3.63) is 35.6 Å². The van der Waals surface area contributed by atoms with Gasteiger partial charge in [-0.05, 0) is 31.5 Å². The minimum absolute atomic E-state index is 0.315. The molecule has 0 aliphatic carbocycles. The fourth-order valence-corrected chi connectivity index (χ4v) is 2.19. The van der Waals surface area contributed by atoms with Gasteiger partial charge in [-0.1, -0.05) is 12.1 Å². The summed E-state index contributed by atoms with van der Waals surface area (Å²) in [6.07, 6.45) is 0. The molecule has 17 heavy (non-hydrogen) atoms. The molecule has 1 heterocycles. The van der Waals surface area contributed by atoms with Crippen molar-refractivity contribution in [3.63, 3.8) is 0 Å². The largest absolute Gasteiger partial charge is 0.481 e. The summed E-state index contributed by atoms with van der Waals surface area (Å²) in [5.74, 6) is -1.25. The van der Waals surface area contributed by atoms with E-state index in [-0.39, 0.29) is 5.82 Å². The number of ether oxygens (including phenoxy) is 1. The SMILES string of the molecule is CC(C)(C(=O)O)C1(c2cccc(F)c2)COC1. The van der Waals surface area contributed by atoms with Crippen molar-refractivity contribution >= 4 is 5.97 Å². The van der Waals surface area contributed by atoms with E-state index < -0.39 is 16.8 Å². The molecule has 0 atom stereocenters. The van der Waals surface area contributed by atoms with Crippen molar-refractivity contribution in [2.45, 2.75) is 19.3 Å². The van der Waals surface area contributed by atoms with E-state index in [1.807, 2.05) is 0 Å². The molecule has 4 heteroatoms. The predicted molar refractivity (Wildman–Crippen MR) is 60.3 cm³/mol. The number of carboxylic acid groups (broad SMARTS) is 1. The minimum Gasteiger partial charge on any atom is -0.481 e. The van der Waals surface area contributed by atoms with Crippen LogP contribution in [0.1, 0.15) is 19.4 Å². The molecule has 1 aliphatic heterocycles. The third kappa shape index (κ3) is 1.63. The van der Waals surface area contributed by atoms with Crippen LogP contribution in [0.5, 0.6) is 0 Å². The predicted octanol–water partition coefficient (Wildman–Crippen LogP) is 2.20. The van der Waals surface area contributed by atoms with Crippen molar-refractivity contribution in [1.82, 2.24) is 0 Å². The summed E-state index contributed by atoms with van der Waals surface area (Å²) in [5, 5.41) is 9.32. The van der Waals surface area contributed by atoms with Gasteiger partial charge in [-0.25, -0.2) is 4.39 Å². The molecule has 1 aromatic rings. The summed E-state index contributed by atoms with van der Waals surface area (Å²) >= 11 is 0. The summed E-state index contributed by atoms with van der Waals surface area (Å²) in [6.45, 7) is 3.94. The second kappa shape index (κ2) is 3.81. The molecule has 1 N–H and O–H groups in total. The van der Waals surface area contributed by atoms with Crippen LogP contribution in [0.2, 0.25) is 0 Å². The maximum atomic E-state index is 13.3. The molecule has 1 aromatic carbocycles. The lowest BCUT2D eigenvalue weighted by Crippen LogP contribution is -2.59. The Morgan fingerprint density at radius 3 is 2.53 bits per heavy atom. The lowest BCUT2D eigenvalue weighted by atomic mass is 9.60. The normalized spacial score (nSPS) is 18.5. The third-order valence-corrected chi connectivity index (χ3v) is 3.81. The zero-order valence-electron chi connectivity index (χ0n) is 9.87. The summed E-state index contributed by atoms with van der Waals surface area (Å²) < 4.78 is 18.4. The van der Waals surface area contributed by atoms with Gasteiger partial charge in [0.15, 0.2) is 0 Å². The number of halogens is 1. The highest BCUT2D eigenvalue weighted by molar-refractivity contribution is 5.76. The fourth-order valence-electron chi connectivity index (χ4n) is 2.19. The van der Waals surface area contributed by atoms with Crippen LogP contribution in [0.3, 0.4) is 0 Å². The van der Waals surface area contributed by atoms with E-state index in [0.717, 1.165) is 0 Å². The van der Waals surface area contributed by atoms with Gasteiger partial charge in [0.05, 0.1) is 24.0 Å². The molecule has 0 spiro atoms. The second-order valence-electron chi connectivity index (χ2n) is 5.02. The van der Waals surface area contributed by atoms with Gasteiger partial charge in [0.1, 0.15) is 5.82 Å². The smallest absolute Gasteiger partial charge is 0.310 e. The number of carbonyl (C=O) groups is 1. The Labute approximate surface area is 99.2 Å². The molecule has 0 amide bonds. The molecule has 0 aromatic heterocycles. The van der Waals surface area contributed by atoms with Crippen LogP contribution in [0, 0.1) is 11.2 Å². The minimum atomic E-state index is -0.987. The summed E-state index contributed by atoms with van der Waals surface area (Å²) in [5.41, 5.74) is -0.934. The van der Waals surface area contributed by atoms with Gasteiger partial charge in [0.2, 0.25) is 0 Å². The Morgan fingerprint density at radius 2 is 2.12 bits per heavy atom. The first-order valence-corrected chi connectivity index (χ1v) is 5.47. The molecule has 92 valence electrons. The van der Waals surface area contributed by atoms with Gasteiger partial charge >= 0.3 is 5.97 Å².